The Balaban J connectivity index is 2.34. The van der Waals surface area contributed by atoms with E-state index in [-0.39, 0.29) is 30.4 Å². The molecule has 0 fully saturated rings. The Morgan fingerprint density at radius 1 is 1.29 bits per heavy atom. The minimum atomic E-state index is -1.01. The van der Waals surface area contributed by atoms with Gasteiger partial charge in [-0.3, -0.25) is 14.4 Å². The maximum absolute atomic E-state index is 12.6. The average molecular weight is 333 g/mol. The zero-order valence-electron chi connectivity index (χ0n) is 14.2. The summed E-state index contributed by atoms with van der Waals surface area (Å²) in [5.74, 6) is -0.517. The number of anilines is 1. The monoisotopic (exact) mass is 333 g/mol. The van der Waals surface area contributed by atoms with Crippen LogP contribution >= 0.6 is 0 Å². The summed E-state index contributed by atoms with van der Waals surface area (Å²) in [4.78, 5) is 37.0. The zero-order chi connectivity index (χ0) is 17.9. The summed E-state index contributed by atoms with van der Waals surface area (Å²) in [6.07, 6.45) is -0.208. The Morgan fingerprint density at radius 2 is 2.00 bits per heavy atom. The summed E-state index contributed by atoms with van der Waals surface area (Å²) < 4.78 is 5.74. The lowest BCUT2D eigenvalue weighted by molar-refractivity contribution is -0.137. The molecule has 0 aromatic heterocycles. The second-order valence-electron chi connectivity index (χ2n) is 6.36. The molecule has 0 spiro atoms. The molecule has 0 saturated carbocycles. The molecular weight excluding hydrogens is 310 g/mol. The smallest absolute Gasteiger partial charge is 0.303 e. The minimum absolute atomic E-state index is 0.0648. The Bertz CT molecular complexity index is 653. The fraction of sp³-hybridized carbons (Fsp3) is 0.500. The van der Waals surface area contributed by atoms with Gasteiger partial charge >= 0.3 is 5.97 Å². The number of nitrogens with zero attached hydrogens (tertiary/aromatic N) is 1. The van der Waals surface area contributed by atoms with Gasteiger partial charge in [0.15, 0.2) is 11.9 Å². The predicted octanol–water partition coefficient (Wildman–Crippen LogP) is 2.89. The van der Waals surface area contributed by atoms with Crippen LogP contribution in [0.5, 0.6) is 5.75 Å². The van der Waals surface area contributed by atoms with Gasteiger partial charge in [0.2, 0.25) is 0 Å². The van der Waals surface area contributed by atoms with Crippen LogP contribution in [0.25, 0.3) is 0 Å². The number of benzene rings is 1. The lowest BCUT2D eigenvalue weighted by Crippen LogP contribution is -2.47. The summed E-state index contributed by atoms with van der Waals surface area (Å²) in [5.41, 5.74) is 0.981. The Morgan fingerprint density at radius 3 is 2.58 bits per heavy atom. The summed E-state index contributed by atoms with van der Waals surface area (Å²) in [5, 5.41) is 8.71. The third kappa shape index (κ3) is 3.93. The first-order chi connectivity index (χ1) is 11.3. The van der Waals surface area contributed by atoms with E-state index in [0.29, 0.717) is 30.0 Å². The number of rotatable bonds is 7. The predicted molar refractivity (Wildman–Crippen MR) is 89.5 cm³/mol. The van der Waals surface area contributed by atoms with Gasteiger partial charge in [-0.05, 0) is 30.5 Å². The van der Waals surface area contributed by atoms with Crippen LogP contribution in [0.1, 0.15) is 50.4 Å². The summed E-state index contributed by atoms with van der Waals surface area (Å²) in [7, 11) is 0. The van der Waals surface area contributed by atoms with Gasteiger partial charge < -0.3 is 14.7 Å². The van der Waals surface area contributed by atoms with Crippen LogP contribution in [0.15, 0.2) is 18.2 Å². The molecule has 1 heterocycles. The topological polar surface area (TPSA) is 83.9 Å². The lowest BCUT2D eigenvalue weighted by Gasteiger charge is -2.35. The molecule has 1 unspecified atom stereocenters. The zero-order valence-corrected chi connectivity index (χ0v) is 14.2. The molecular formula is C18H23NO5. The van der Waals surface area contributed by atoms with E-state index in [9.17, 15) is 14.4 Å². The van der Waals surface area contributed by atoms with Crippen LogP contribution < -0.4 is 9.64 Å². The van der Waals surface area contributed by atoms with E-state index < -0.39 is 12.1 Å². The number of hydrogen-bond donors (Lipinski definition) is 1. The van der Waals surface area contributed by atoms with Crippen molar-refractivity contribution in [2.24, 2.45) is 5.92 Å². The van der Waals surface area contributed by atoms with Crippen LogP contribution in [0.2, 0.25) is 0 Å². The van der Waals surface area contributed by atoms with Crippen LogP contribution in [0.3, 0.4) is 0 Å². The van der Waals surface area contributed by atoms with E-state index in [0.717, 1.165) is 0 Å². The quantitative estimate of drug-likeness (QED) is 0.776. The molecule has 0 aliphatic carbocycles. The number of carbonyl (C=O) groups is 3. The van der Waals surface area contributed by atoms with E-state index in [1.807, 2.05) is 20.8 Å². The number of aliphatic carboxylic acids is 1. The first kappa shape index (κ1) is 18.0. The van der Waals surface area contributed by atoms with Gasteiger partial charge in [-0.2, -0.15) is 0 Å². The number of carboxylic acids is 1. The summed E-state index contributed by atoms with van der Waals surface area (Å²) >= 11 is 0. The first-order valence-electron chi connectivity index (χ1n) is 8.20. The summed E-state index contributed by atoms with van der Waals surface area (Å²) in [6.45, 7) is 6.47. The number of carbonyl (C=O) groups excluding carboxylic acids is 2. The molecule has 1 amide bonds. The van der Waals surface area contributed by atoms with Crippen molar-refractivity contribution in [1.29, 1.82) is 0 Å². The first-order valence-corrected chi connectivity index (χ1v) is 8.20. The number of carboxylic acid groups (broad SMARTS) is 1. The van der Waals surface area contributed by atoms with E-state index in [4.69, 9.17) is 9.84 Å². The maximum Gasteiger partial charge on any atom is 0.303 e. The normalized spacial score (nSPS) is 16.8. The van der Waals surface area contributed by atoms with E-state index in [1.54, 1.807) is 23.1 Å². The van der Waals surface area contributed by atoms with E-state index >= 15 is 0 Å². The summed E-state index contributed by atoms with van der Waals surface area (Å²) in [6, 6.07) is 4.94. The molecule has 1 aromatic carbocycles. The second kappa shape index (κ2) is 7.47. The number of ketones is 1. The highest BCUT2D eigenvalue weighted by atomic mass is 16.5. The molecule has 0 bridgehead atoms. The highest BCUT2D eigenvalue weighted by molar-refractivity contribution is 6.03. The molecule has 6 heteroatoms. The fourth-order valence-electron chi connectivity index (χ4n) is 2.67. The van der Waals surface area contributed by atoms with Gasteiger partial charge in [-0.25, -0.2) is 0 Å². The molecule has 1 aliphatic rings. The van der Waals surface area contributed by atoms with E-state index in [2.05, 4.69) is 0 Å². The molecule has 2 rings (SSSR count). The lowest BCUT2D eigenvalue weighted by atomic mass is 10.0. The van der Waals surface area contributed by atoms with Gasteiger partial charge in [-0.1, -0.05) is 20.8 Å². The fourth-order valence-corrected chi connectivity index (χ4v) is 2.67. The number of amides is 1. The van der Waals surface area contributed by atoms with Gasteiger partial charge in [0.1, 0.15) is 5.75 Å². The maximum atomic E-state index is 12.6. The van der Waals surface area contributed by atoms with Crippen molar-refractivity contribution < 1.29 is 24.2 Å². The molecule has 6 nitrogen and oxygen atoms in total. The standard InChI is InChI=1S/C18H23NO5/c1-4-15-18(23)19(10-11(2)3)13-9-12(5-7-16(13)24-15)14(20)6-8-17(21)22/h5,7,9,11,15H,4,6,8,10H2,1-3H3,(H,21,22). The van der Waals surface area contributed by atoms with Gasteiger partial charge in [-0.15, -0.1) is 0 Å². The highest BCUT2D eigenvalue weighted by Gasteiger charge is 2.34. The largest absolute Gasteiger partial charge is 0.481 e. The molecule has 1 aromatic rings. The van der Waals surface area contributed by atoms with Crippen molar-refractivity contribution in [3.8, 4) is 5.75 Å². The van der Waals surface area contributed by atoms with Crippen molar-refractivity contribution in [2.75, 3.05) is 11.4 Å². The average Bonchev–Trinajstić information content (AvgIpc) is 2.54. The van der Waals surface area contributed by atoms with Crippen molar-refractivity contribution in [3.05, 3.63) is 23.8 Å². The number of fused-ring (bicyclic) bond motifs is 1. The van der Waals surface area contributed by atoms with Crippen LogP contribution in [-0.2, 0) is 9.59 Å². The molecule has 1 atom stereocenters. The van der Waals surface area contributed by atoms with Gasteiger partial charge in [0, 0.05) is 18.5 Å². The van der Waals surface area contributed by atoms with Crippen LogP contribution in [0, 0.1) is 5.92 Å². The molecule has 24 heavy (non-hydrogen) atoms. The third-order valence-corrected chi connectivity index (χ3v) is 3.87. The van der Waals surface area contributed by atoms with Gasteiger partial charge in [0.05, 0.1) is 12.1 Å². The Kier molecular flexibility index (Phi) is 5.59. The molecule has 0 radical (unpaired) electrons. The van der Waals surface area contributed by atoms with Crippen molar-refractivity contribution in [1.82, 2.24) is 0 Å². The highest BCUT2D eigenvalue weighted by Crippen LogP contribution is 2.36. The Labute approximate surface area is 141 Å². The number of ether oxygens (including phenoxy) is 1. The second-order valence-corrected chi connectivity index (χ2v) is 6.36. The van der Waals surface area contributed by atoms with Crippen molar-refractivity contribution in [2.45, 2.75) is 46.1 Å². The Hall–Kier alpha value is -2.37. The number of Topliss-reactive ketones (excluding diaryl/α,β-unsaturated/α-hetero) is 1. The van der Waals surface area contributed by atoms with Crippen molar-refractivity contribution >= 4 is 23.3 Å². The van der Waals surface area contributed by atoms with Gasteiger partial charge in [0.25, 0.3) is 5.91 Å². The number of hydrogen-bond acceptors (Lipinski definition) is 4. The minimum Gasteiger partial charge on any atom is -0.481 e. The molecule has 130 valence electrons. The van der Waals surface area contributed by atoms with E-state index in [1.165, 1.54) is 0 Å². The van der Waals surface area contributed by atoms with Crippen molar-refractivity contribution in [3.63, 3.8) is 0 Å². The molecule has 1 N–H and O–H groups in total. The third-order valence-electron chi connectivity index (χ3n) is 3.87. The van der Waals surface area contributed by atoms with Crippen LogP contribution in [-0.4, -0.2) is 35.4 Å². The van der Waals surface area contributed by atoms with Crippen LogP contribution in [0.4, 0.5) is 5.69 Å². The molecule has 1 aliphatic heterocycles. The molecule has 0 saturated heterocycles. The SMILES string of the molecule is CCC1Oc2ccc(C(=O)CCC(=O)O)cc2N(CC(C)C)C1=O.